The summed E-state index contributed by atoms with van der Waals surface area (Å²) in [5.74, 6) is -1.34. The number of nitrogens with one attached hydrogen (secondary N) is 1. The molecule has 1 rings (SSSR count). The van der Waals surface area contributed by atoms with E-state index in [0.29, 0.717) is 11.4 Å². The normalized spacial score (nSPS) is 11.9. The molecule has 0 aliphatic heterocycles. The highest BCUT2D eigenvalue weighted by molar-refractivity contribution is 6.31. The van der Waals surface area contributed by atoms with E-state index >= 15 is 0 Å². The predicted molar refractivity (Wildman–Crippen MR) is 71.2 cm³/mol. The van der Waals surface area contributed by atoms with E-state index in [4.69, 9.17) is 21.4 Å². The molecule has 1 unspecified atom stereocenters. The SMILES string of the molecule is COC(CNC(=O)CCc1ccccc1Cl)C(=O)O. The molecule has 1 aromatic rings. The fraction of sp³-hybridized carbons (Fsp3) is 0.385. The lowest BCUT2D eigenvalue weighted by Gasteiger charge is -2.11. The molecule has 5 nitrogen and oxygen atoms in total. The molecule has 6 heteroatoms. The van der Waals surface area contributed by atoms with Crippen LogP contribution < -0.4 is 5.32 Å². The predicted octanol–water partition coefficient (Wildman–Crippen LogP) is 1.49. The molecule has 0 bridgehead atoms. The quantitative estimate of drug-likeness (QED) is 0.796. The van der Waals surface area contributed by atoms with Crippen LogP contribution in [-0.4, -0.2) is 36.7 Å². The molecule has 0 radical (unpaired) electrons. The van der Waals surface area contributed by atoms with Gasteiger partial charge in [-0.15, -0.1) is 0 Å². The van der Waals surface area contributed by atoms with E-state index in [1.165, 1.54) is 7.11 Å². The Morgan fingerprint density at radius 3 is 2.68 bits per heavy atom. The fourth-order valence-electron chi connectivity index (χ4n) is 1.52. The molecule has 19 heavy (non-hydrogen) atoms. The number of carbonyl (C=O) groups is 2. The number of ether oxygens (including phenoxy) is 1. The van der Waals surface area contributed by atoms with Crippen molar-refractivity contribution in [1.29, 1.82) is 0 Å². The number of carboxylic acids is 1. The molecule has 0 aliphatic carbocycles. The first-order valence-electron chi connectivity index (χ1n) is 5.80. The largest absolute Gasteiger partial charge is 0.479 e. The van der Waals surface area contributed by atoms with Crippen LogP contribution in [0.15, 0.2) is 24.3 Å². The van der Waals surface area contributed by atoms with E-state index in [0.717, 1.165) is 5.56 Å². The number of hydrogen-bond acceptors (Lipinski definition) is 3. The zero-order chi connectivity index (χ0) is 14.3. The molecular weight excluding hydrogens is 270 g/mol. The number of carbonyl (C=O) groups excluding carboxylic acids is 1. The van der Waals surface area contributed by atoms with Gasteiger partial charge in [-0.1, -0.05) is 29.8 Å². The molecule has 1 amide bonds. The summed E-state index contributed by atoms with van der Waals surface area (Å²) in [5, 5.41) is 11.9. The summed E-state index contributed by atoms with van der Waals surface area (Å²) in [6.07, 6.45) is -0.264. The molecular formula is C13H16ClNO4. The van der Waals surface area contributed by atoms with Gasteiger partial charge >= 0.3 is 5.97 Å². The maximum Gasteiger partial charge on any atom is 0.334 e. The van der Waals surface area contributed by atoms with E-state index in [1.807, 2.05) is 18.2 Å². The first kappa shape index (κ1) is 15.5. The van der Waals surface area contributed by atoms with Gasteiger partial charge in [0.25, 0.3) is 0 Å². The first-order valence-corrected chi connectivity index (χ1v) is 6.18. The Bertz CT molecular complexity index is 450. The molecule has 0 saturated carbocycles. The van der Waals surface area contributed by atoms with Crippen molar-refractivity contribution in [2.24, 2.45) is 0 Å². The average molecular weight is 286 g/mol. The standard InChI is InChI=1S/C13H16ClNO4/c1-19-11(13(17)18)8-15-12(16)7-6-9-4-2-3-5-10(9)14/h2-5,11H,6-8H2,1H3,(H,15,16)(H,17,18). The number of carboxylic acid groups (broad SMARTS) is 1. The van der Waals surface area contributed by atoms with Crippen molar-refractivity contribution in [3.63, 3.8) is 0 Å². The molecule has 0 aliphatic rings. The minimum Gasteiger partial charge on any atom is -0.479 e. The van der Waals surface area contributed by atoms with Gasteiger partial charge in [0.2, 0.25) is 5.91 Å². The number of rotatable bonds is 7. The van der Waals surface area contributed by atoms with E-state index in [-0.39, 0.29) is 18.9 Å². The van der Waals surface area contributed by atoms with Crippen molar-refractivity contribution in [2.75, 3.05) is 13.7 Å². The highest BCUT2D eigenvalue weighted by Crippen LogP contribution is 2.16. The van der Waals surface area contributed by atoms with Gasteiger partial charge in [0.05, 0.1) is 6.54 Å². The molecule has 0 fully saturated rings. The Balaban J connectivity index is 2.36. The maximum atomic E-state index is 11.6. The first-order chi connectivity index (χ1) is 9.04. The summed E-state index contributed by atoms with van der Waals surface area (Å²) >= 11 is 5.97. The Morgan fingerprint density at radius 1 is 1.42 bits per heavy atom. The number of aryl methyl sites for hydroxylation is 1. The Kier molecular flexibility index (Phi) is 6.32. The summed E-state index contributed by atoms with van der Waals surface area (Å²) in [7, 11) is 1.29. The third kappa shape index (κ3) is 5.28. The van der Waals surface area contributed by atoms with Crippen LogP contribution in [0.25, 0.3) is 0 Å². The topological polar surface area (TPSA) is 75.6 Å². The number of aliphatic carboxylic acids is 1. The van der Waals surface area contributed by atoms with Gasteiger partial charge in [-0.25, -0.2) is 4.79 Å². The highest BCUT2D eigenvalue weighted by atomic mass is 35.5. The smallest absolute Gasteiger partial charge is 0.334 e. The minimum atomic E-state index is -1.10. The Hall–Kier alpha value is -1.59. The van der Waals surface area contributed by atoms with Crippen molar-refractivity contribution in [1.82, 2.24) is 5.32 Å². The van der Waals surface area contributed by atoms with Crippen LogP contribution in [0.3, 0.4) is 0 Å². The number of methoxy groups -OCH3 is 1. The van der Waals surface area contributed by atoms with Crippen LogP contribution in [-0.2, 0) is 20.7 Å². The average Bonchev–Trinajstić information content (AvgIpc) is 2.38. The van der Waals surface area contributed by atoms with Crippen molar-refractivity contribution in [3.05, 3.63) is 34.9 Å². The number of benzene rings is 1. The molecule has 0 saturated heterocycles. The molecule has 1 aromatic carbocycles. The fourth-order valence-corrected chi connectivity index (χ4v) is 1.75. The second kappa shape index (κ2) is 7.76. The second-order valence-corrected chi connectivity index (χ2v) is 4.37. The van der Waals surface area contributed by atoms with Crippen molar-refractivity contribution in [3.8, 4) is 0 Å². The van der Waals surface area contributed by atoms with Gasteiger partial charge in [-0.05, 0) is 18.1 Å². The molecule has 0 heterocycles. The summed E-state index contributed by atoms with van der Waals surface area (Å²) in [4.78, 5) is 22.2. The summed E-state index contributed by atoms with van der Waals surface area (Å²) in [6.45, 7) is -0.0484. The van der Waals surface area contributed by atoms with Crippen molar-refractivity contribution in [2.45, 2.75) is 18.9 Å². The van der Waals surface area contributed by atoms with Gasteiger partial charge in [-0.2, -0.15) is 0 Å². The maximum absolute atomic E-state index is 11.6. The van der Waals surface area contributed by atoms with E-state index in [2.05, 4.69) is 5.32 Å². The van der Waals surface area contributed by atoms with E-state index < -0.39 is 12.1 Å². The van der Waals surface area contributed by atoms with E-state index in [1.54, 1.807) is 6.07 Å². The van der Waals surface area contributed by atoms with Crippen LogP contribution in [0, 0.1) is 0 Å². The monoisotopic (exact) mass is 285 g/mol. The van der Waals surface area contributed by atoms with Gasteiger partial charge < -0.3 is 15.2 Å². The molecule has 0 aromatic heterocycles. The van der Waals surface area contributed by atoms with Gasteiger partial charge in [0.15, 0.2) is 6.10 Å². The van der Waals surface area contributed by atoms with Gasteiger partial charge in [0.1, 0.15) is 0 Å². The van der Waals surface area contributed by atoms with Crippen LogP contribution in [0.5, 0.6) is 0 Å². The van der Waals surface area contributed by atoms with Crippen molar-refractivity contribution >= 4 is 23.5 Å². The number of amides is 1. The highest BCUT2D eigenvalue weighted by Gasteiger charge is 2.17. The van der Waals surface area contributed by atoms with Crippen LogP contribution >= 0.6 is 11.6 Å². The van der Waals surface area contributed by atoms with Crippen LogP contribution in [0.2, 0.25) is 5.02 Å². The zero-order valence-electron chi connectivity index (χ0n) is 10.6. The summed E-state index contributed by atoms with van der Waals surface area (Å²) in [5.41, 5.74) is 0.890. The number of halogens is 1. The Morgan fingerprint density at radius 2 is 2.11 bits per heavy atom. The lowest BCUT2D eigenvalue weighted by atomic mass is 10.1. The second-order valence-electron chi connectivity index (χ2n) is 3.96. The minimum absolute atomic E-state index is 0.0484. The van der Waals surface area contributed by atoms with Gasteiger partial charge in [0, 0.05) is 18.6 Å². The molecule has 1 atom stereocenters. The Labute approximate surface area is 116 Å². The lowest BCUT2D eigenvalue weighted by Crippen LogP contribution is -2.37. The van der Waals surface area contributed by atoms with Crippen LogP contribution in [0.1, 0.15) is 12.0 Å². The van der Waals surface area contributed by atoms with E-state index in [9.17, 15) is 9.59 Å². The summed E-state index contributed by atoms with van der Waals surface area (Å²) < 4.78 is 4.71. The van der Waals surface area contributed by atoms with Crippen LogP contribution in [0.4, 0.5) is 0 Å². The molecule has 0 spiro atoms. The zero-order valence-corrected chi connectivity index (χ0v) is 11.3. The molecule has 2 N–H and O–H groups in total. The third-order valence-electron chi connectivity index (χ3n) is 2.62. The van der Waals surface area contributed by atoms with Gasteiger partial charge in [-0.3, -0.25) is 4.79 Å². The lowest BCUT2D eigenvalue weighted by molar-refractivity contribution is -0.148. The number of hydrogen-bond donors (Lipinski definition) is 2. The van der Waals surface area contributed by atoms with Crippen molar-refractivity contribution < 1.29 is 19.4 Å². The molecule has 104 valence electrons. The summed E-state index contributed by atoms with van der Waals surface area (Å²) in [6, 6.07) is 7.29. The third-order valence-corrected chi connectivity index (χ3v) is 2.99.